The van der Waals surface area contributed by atoms with Crippen molar-refractivity contribution >= 4 is 17.3 Å². The predicted molar refractivity (Wildman–Crippen MR) is 74.8 cm³/mol. The minimum absolute atomic E-state index is 0.0931. The molecule has 6 nitrogen and oxygen atoms in total. The van der Waals surface area contributed by atoms with Gasteiger partial charge in [0.25, 0.3) is 5.69 Å². The van der Waals surface area contributed by atoms with E-state index < -0.39 is 0 Å². The number of esters is 1. The molecule has 0 saturated carbocycles. The molecule has 1 aromatic rings. The first-order chi connectivity index (χ1) is 9.52. The van der Waals surface area contributed by atoms with Gasteiger partial charge >= 0.3 is 5.97 Å². The zero-order valence-electron chi connectivity index (χ0n) is 11.7. The number of hydrogen-bond donors (Lipinski definition) is 0. The van der Waals surface area contributed by atoms with Crippen LogP contribution in [0.15, 0.2) is 18.2 Å². The summed E-state index contributed by atoms with van der Waals surface area (Å²) < 4.78 is 4.77. The maximum Gasteiger partial charge on any atom is 0.310 e. The lowest BCUT2D eigenvalue weighted by atomic mass is 9.97. The molecule has 1 aliphatic rings. The fraction of sp³-hybridized carbons (Fsp3) is 0.500. The van der Waals surface area contributed by atoms with Crippen molar-refractivity contribution in [3.05, 3.63) is 33.9 Å². The van der Waals surface area contributed by atoms with E-state index in [4.69, 9.17) is 4.74 Å². The Bertz CT molecular complexity index is 530. The van der Waals surface area contributed by atoms with Crippen LogP contribution in [0.5, 0.6) is 0 Å². The van der Waals surface area contributed by atoms with E-state index in [1.807, 2.05) is 17.9 Å². The van der Waals surface area contributed by atoms with Crippen LogP contribution >= 0.6 is 0 Å². The third-order valence-electron chi connectivity index (χ3n) is 3.62. The van der Waals surface area contributed by atoms with Gasteiger partial charge in [-0.3, -0.25) is 14.9 Å². The average Bonchev–Trinajstić information content (AvgIpc) is 2.46. The summed E-state index contributed by atoms with van der Waals surface area (Å²) in [6.07, 6.45) is 1.59. The summed E-state index contributed by atoms with van der Waals surface area (Å²) in [7, 11) is 1.37. The summed E-state index contributed by atoms with van der Waals surface area (Å²) in [6, 6.07) is 5.17. The molecule has 1 aliphatic heterocycles. The van der Waals surface area contributed by atoms with Gasteiger partial charge in [-0.25, -0.2) is 0 Å². The maximum absolute atomic E-state index is 11.6. The Morgan fingerprint density at radius 1 is 1.50 bits per heavy atom. The summed E-state index contributed by atoms with van der Waals surface area (Å²) in [4.78, 5) is 24.3. The molecule has 1 saturated heterocycles. The molecule has 6 heteroatoms. The summed E-state index contributed by atoms with van der Waals surface area (Å²) in [6.45, 7) is 3.01. The molecule has 0 aromatic heterocycles. The van der Waals surface area contributed by atoms with E-state index in [-0.39, 0.29) is 22.5 Å². The molecule has 0 spiro atoms. The number of hydrogen-bond acceptors (Lipinski definition) is 5. The molecule has 2 rings (SSSR count). The number of rotatable bonds is 3. The smallest absolute Gasteiger partial charge is 0.310 e. The predicted octanol–water partition coefficient (Wildman–Crippen LogP) is 2.29. The summed E-state index contributed by atoms with van der Waals surface area (Å²) in [5.74, 6) is -0.459. The van der Waals surface area contributed by atoms with Crippen LogP contribution in [0.1, 0.15) is 18.4 Å². The van der Waals surface area contributed by atoms with Crippen molar-refractivity contribution in [3.8, 4) is 0 Å². The highest BCUT2D eigenvalue weighted by atomic mass is 16.6. The van der Waals surface area contributed by atoms with Crippen LogP contribution < -0.4 is 4.90 Å². The SMILES string of the molecule is COC(=O)[C@H]1CCCN(c2ccc(C)cc2[N+](=O)[O-])C1. The highest BCUT2D eigenvalue weighted by Gasteiger charge is 2.29. The lowest BCUT2D eigenvalue weighted by Crippen LogP contribution is -2.39. The van der Waals surface area contributed by atoms with E-state index in [0.717, 1.165) is 24.9 Å². The van der Waals surface area contributed by atoms with E-state index in [9.17, 15) is 14.9 Å². The molecule has 0 bridgehead atoms. The van der Waals surface area contributed by atoms with Gasteiger partial charge in [0, 0.05) is 19.2 Å². The number of nitro benzene ring substituents is 1. The standard InChI is InChI=1S/C14H18N2O4/c1-10-5-6-12(13(8-10)16(18)19)15-7-3-4-11(9-15)14(17)20-2/h5-6,8,11H,3-4,7,9H2,1-2H3/t11-/m0/s1. The molecule has 0 aliphatic carbocycles. The number of nitrogens with zero attached hydrogens (tertiary/aromatic N) is 2. The molecule has 1 atom stereocenters. The van der Waals surface area contributed by atoms with E-state index in [1.165, 1.54) is 7.11 Å². The van der Waals surface area contributed by atoms with Crippen LogP contribution in [0.4, 0.5) is 11.4 Å². The van der Waals surface area contributed by atoms with Gasteiger partial charge in [-0.15, -0.1) is 0 Å². The number of benzene rings is 1. The Kier molecular flexibility index (Phi) is 4.22. The van der Waals surface area contributed by atoms with E-state index in [1.54, 1.807) is 12.1 Å². The Labute approximate surface area is 117 Å². The van der Waals surface area contributed by atoms with Crippen LogP contribution in [0.25, 0.3) is 0 Å². The molecule has 1 fully saturated rings. The number of carbonyl (C=O) groups is 1. The quantitative estimate of drug-likeness (QED) is 0.482. The van der Waals surface area contributed by atoms with Gasteiger partial charge in [0.15, 0.2) is 0 Å². The molecule has 0 unspecified atom stereocenters. The number of aryl methyl sites for hydroxylation is 1. The second-order valence-electron chi connectivity index (χ2n) is 5.06. The molecule has 1 heterocycles. The summed E-state index contributed by atoms with van der Waals surface area (Å²) in [5, 5.41) is 11.2. The molecule has 0 N–H and O–H groups in total. The number of nitro groups is 1. The number of ether oxygens (including phenoxy) is 1. The first kappa shape index (κ1) is 14.3. The maximum atomic E-state index is 11.6. The molecular weight excluding hydrogens is 260 g/mol. The molecule has 0 amide bonds. The Balaban J connectivity index is 2.27. The highest BCUT2D eigenvalue weighted by Crippen LogP contribution is 2.32. The van der Waals surface area contributed by atoms with Crippen LogP contribution in [-0.2, 0) is 9.53 Å². The van der Waals surface area contributed by atoms with Crippen LogP contribution in [0.3, 0.4) is 0 Å². The van der Waals surface area contributed by atoms with Gasteiger partial charge < -0.3 is 9.64 Å². The number of piperidine rings is 1. The van der Waals surface area contributed by atoms with Crippen molar-refractivity contribution in [3.63, 3.8) is 0 Å². The molecular formula is C14H18N2O4. The fourth-order valence-electron chi connectivity index (χ4n) is 2.60. The lowest BCUT2D eigenvalue weighted by Gasteiger charge is -2.32. The van der Waals surface area contributed by atoms with Gasteiger partial charge in [0.1, 0.15) is 5.69 Å². The Morgan fingerprint density at radius 3 is 2.90 bits per heavy atom. The average molecular weight is 278 g/mol. The van der Waals surface area contributed by atoms with Crippen molar-refractivity contribution in [1.29, 1.82) is 0 Å². The largest absolute Gasteiger partial charge is 0.469 e. The van der Waals surface area contributed by atoms with Crippen LogP contribution in [0, 0.1) is 23.0 Å². The molecule has 108 valence electrons. The van der Waals surface area contributed by atoms with E-state index in [0.29, 0.717) is 12.2 Å². The lowest BCUT2D eigenvalue weighted by molar-refractivity contribution is -0.384. The van der Waals surface area contributed by atoms with Crippen molar-refractivity contribution in [2.24, 2.45) is 5.92 Å². The van der Waals surface area contributed by atoms with E-state index in [2.05, 4.69) is 0 Å². The Hall–Kier alpha value is -2.11. The van der Waals surface area contributed by atoms with Crippen LogP contribution in [-0.4, -0.2) is 31.1 Å². The van der Waals surface area contributed by atoms with Gasteiger partial charge in [0.2, 0.25) is 0 Å². The molecule has 1 aromatic carbocycles. The summed E-state index contributed by atoms with van der Waals surface area (Å²) in [5.41, 5.74) is 1.52. The number of methoxy groups -OCH3 is 1. The highest BCUT2D eigenvalue weighted by molar-refractivity contribution is 5.74. The number of anilines is 1. The van der Waals surface area contributed by atoms with Crippen molar-refractivity contribution in [2.75, 3.05) is 25.1 Å². The topological polar surface area (TPSA) is 72.7 Å². The second kappa shape index (κ2) is 5.90. The first-order valence-corrected chi connectivity index (χ1v) is 6.60. The number of carbonyl (C=O) groups excluding carboxylic acids is 1. The Morgan fingerprint density at radius 2 is 2.25 bits per heavy atom. The van der Waals surface area contributed by atoms with Crippen molar-refractivity contribution < 1.29 is 14.5 Å². The van der Waals surface area contributed by atoms with Gasteiger partial charge in [-0.1, -0.05) is 6.07 Å². The van der Waals surface area contributed by atoms with Gasteiger partial charge in [0.05, 0.1) is 18.0 Å². The van der Waals surface area contributed by atoms with Crippen molar-refractivity contribution in [1.82, 2.24) is 0 Å². The fourth-order valence-corrected chi connectivity index (χ4v) is 2.60. The minimum atomic E-state index is -0.371. The first-order valence-electron chi connectivity index (χ1n) is 6.60. The van der Waals surface area contributed by atoms with Gasteiger partial charge in [-0.05, 0) is 31.4 Å². The minimum Gasteiger partial charge on any atom is -0.469 e. The monoisotopic (exact) mass is 278 g/mol. The normalized spacial score (nSPS) is 18.7. The second-order valence-corrected chi connectivity index (χ2v) is 5.06. The third kappa shape index (κ3) is 2.89. The van der Waals surface area contributed by atoms with E-state index >= 15 is 0 Å². The van der Waals surface area contributed by atoms with Crippen LogP contribution in [0.2, 0.25) is 0 Å². The summed E-state index contributed by atoms with van der Waals surface area (Å²) >= 11 is 0. The van der Waals surface area contributed by atoms with Crippen molar-refractivity contribution in [2.45, 2.75) is 19.8 Å². The molecule has 0 radical (unpaired) electrons. The van der Waals surface area contributed by atoms with Gasteiger partial charge in [-0.2, -0.15) is 0 Å². The third-order valence-corrected chi connectivity index (χ3v) is 3.62. The molecule has 20 heavy (non-hydrogen) atoms. The zero-order valence-corrected chi connectivity index (χ0v) is 11.7. The zero-order chi connectivity index (χ0) is 14.7.